The number of H-pyrrole nitrogens is 1. The molecule has 0 unspecified atom stereocenters. The van der Waals surface area contributed by atoms with Crippen LogP contribution in [0.1, 0.15) is 66.3 Å². The molecule has 4 heterocycles. The van der Waals surface area contributed by atoms with E-state index in [0.29, 0.717) is 17.0 Å². The number of aryl methyl sites for hydroxylation is 2. The maximum atomic E-state index is 13.0. The molecule has 1 aliphatic rings. The maximum Gasteiger partial charge on any atom is 0.258 e. The number of pyridine rings is 1. The predicted molar refractivity (Wildman–Crippen MR) is 99.6 cm³/mol. The van der Waals surface area contributed by atoms with Gasteiger partial charge in [-0.1, -0.05) is 13.8 Å². The molecule has 27 heavy (non-hydrogen) atoms. The molecule has 2 N–H and O–H groups in total. The van der Waals surface area contributed by atoms with E-state index in [0.717, 1.165) is 36.2 Å². The topological polar surface area (TPSA) is 111 Å². The van der Waals surface area contributed by atoms with Crippen molar-refractivity contribution in [2.45, 2.75) is 45.6 Å². The second-order valence-corrected chi connectivity index (χ2v) is 7.16. The summed E-state index contributed by atoms with van der Waals surface area (Å²) in [5.41, 5.74) is 2.82. The van der Waals surface area contributed by atoms with Crippen molar-refractivity contribution in [1.29, 1.82) is 0 Å². The number of nitrogens with zero attached hydrogens (tertiary/aromatic N) is 5. The van der Waals surface area contributed by atoms with Crippen molar-refractivity contribution in [3.05, 3.63) is 28.8 Å². The molecule has 0 radical (unpaired) electrons. The SMILES string of the molecule is Cc1nn(C)c2nc(C(C)C)cc(C(=O)Nc3n[nH]c([C@H]4CCCO4)n3)c12. The molecule has 9 heteroatoms. The van der Waals surface area contributed by atoms with E-state index in [4.69, 9.17) is 4.74 Å². The van der Waals surface area contributed by atoms with Gasteiger partial charge < -0.3 is 4.74 Å². The third-order valence-electron chi connectivity index (χ3n) is 4.79. The van der Waals surface area contributed by atoms with Gasteiger partial charge in [-0.3, -0.25) is 19.9 Å². The van der Waals surface area contributed by atoms with E-state index in [2.05, 4.69) is 30.6 Å². The Bertz CT molecular complexity index is 999. The number of fused-ring (bicyclic) bond motifs is 1. The molecule has 1 atom stereocenters. The lowest BCUT2D eigenvalue weighted by Gasteiger charge is -2.09. The molecular formula is C18H23N7O2. The lowest BCUT2D eigenvalue weighted by atomic mass is 10.0. The Balaban J connectivity index is 1.68. The number of carbonyl (C=O) groups excluding carboxylic acids is 1. The number of hydrogen-bond donors (Lipinski definition) is 2. The summed E-state index contributed by atoms with van der Waals surface area (Å²) in [7, 11) is 1.83. The first-order valence-corrected chi connectivity index (χ1v) is 9.13. The predicted octanol–water partition coefficient (Wildman–Crippen LogP) is 2.62. The Morgan fingerprint density at radius 2 is 2.22 bits per heavy atom. The van der Waals surface area contributed by atoms with E-state index in [9.17, 15) is 4.79 Å². The van der Waals surface area contributed by atoms with E-state index >= 15 is 0 Å². The highest BCUT2D eigenvalue weighted by Crippen LogP contribution is 2.27. The number of nitrogens with one attached hydrogen (secondary N) is 2. The van der Waals surface area contributed by atoms with E-state index in [1.54, 1.807) is 4.68 Å². The molecule has 1 fully saturated rings. The summed E-state index contributed by atoms with van der Waals surface area (Å²) in [6.07, 6.45) is 1.82. The van der Waals surface area contributed by atoms with Gasteiger partial charge in [0, 0.05) is 19.3 Å². The van der Waals surface area contributed by atoms with Crippen LogP contribution >= 0.6 is 0 Å². The largest absolute Gasteiger partial charge is 0.370 e. The minimum atomic E-state index is -0.279. The number of rotatable bonds is 4. The van der Waals surface area contributed by atoms with Gasteiger partial charge in [0.25, 0.3) is 5.91 Å². The normalized spacial score (nSPS) is 17.1. The fraction of sp³-hybridized carbons (Fsp3) is 0.500. The first-order valence-electron chi connectivity index (χ1n) is 9.13. The van der Waals surface area contributed by atoms with Crippen LogP contribution in [0.5, 0.6) is 0 Å². The van der Waals surface area contributed by atoms with Gasteiger partial charge in [-0.15, -0.1) is 5.10 Å². The number of aromatic amines is 1. The van der Waals surface area contributed by atoms with Gasteiger partial charge in [-0.2, -0.15) is 10.1 Å². The number of hydrogen-bond acceptors (Lipinski definition) is 6. The molecule has 9 nitrogen and oxygen atoms in total. The fourth-order valence-electron chi connectivity index (χ4n) is 3.38. The molecule has 4 rings (SSSR count). The minimum Gasteiger partial charge on any atom is -0.370 e. The smallest absolute Gasteiger partial charge is 0.258 e. The second-order valence-electron chi connectivity index (χ2n) is 7.16. The van der Waals surface area contributed by atoms with Crippen molar-refractivity contribution in [2.24, 2.45) is 7.05 Å². The number of carbonyl (C=O) groups is 1. The first-order chi connectivity index (χ1) is 12.9. The molecule has 1 aliphatic heterocycles. The molecule has 0 aromatic carbocycles. The third-order valence-corrected chi connectivity index (χ3v) is 4.79. The van der Waals surface area contributed by atoms with Crippen LogP contribution in [0.4, 0.5) is 5.95 Å². The fourth-order valence-corrected chi connectivity index (χ4v) is 3.38. The summed E-state index contributed by atoms with van der Waals surface area (Å²) in [6, 6.07) is 1.82. The van der Waals surface area contributed by atoms with Gasteiger partial charge in [0.05, 0.1) is 16.6 Å². The van der Waals surface area contributed by atoms with Crippen molar-refractivity contribution in [2.75, 3.05) is 11.9 Å². The van der Waals surface area contributed by atoms with E-state index in [1.807, 2.05) is 33.9 Å². The average molecular weight is 369 g/mol. The van der Waals surface area contributed by atoms with E-state index in [1.165, 1.54) is 0 Å². The number of aromatic nitrogens is 6. The van der Waals surface area contributed by atoms with Crippen LogP contribution < -0.4 is 5.32 Å². The Morgan fingerprint density at radius 1 is 1.41 bits per heavy atom. The molecule has 0 saturated carbocycles. The van der Waals surface area contributed by atoms with Crippen LogP contribution in [0.2, 0.25) is 0 Å². The molecule has 3 aromatic heterocycles. The molecule has 0 bridgehead atoms. The molecular weight excluding hydrogens is 346 g/mol. The summed E-state index contributed by atoms with van der Waals surface area (Å²) >= 11 is 0. The summed E-state index contributed by atoms with van der Waals surface area (Å²) in [5.74, 6) is 0.787. The van der Waals surface area contributed by atoms with Crippen molar-refractivity contribution in [1.82, 2.24) is 29.9 Å². The average Bonchev–Trinajstić information content (AvgIpc) is 3.35. The highest BCUT2D eigenvalue weighted by atomic mass is 16.5. The van der Waals surface area contributed by atoms with Crippen LogP contribution in [-0.2, 0) is 11.8 Å². The zero-order valence-corrected chi connectivity index (χ0v) is 15.9. The van der Waals surface area contributed by atoms with E-state index < -0.39 is 0 Å². The zero-order chi connectivity index (χ0) is 19.1. The van der Waals surface area contributed by atoms with Crippen LogP contribution in [-0.4, -0.2) is 42.5 Å². The summed E-state index contributed by atoms with van der Waals surface area (Å²) < 4.78 is 7.30. The Morgan fingerprint density at radius 3 is 2.93 bits per heavy atom. The number of amides is 1. The van der Waals surface area contributed by atoms with Crippen molar-refractivity contribution in [3.63, 3.8) is 0 Å². The van der Waals surface area contributed by atoms with Crippen LogP contribution in [0.25, 0.3) is 11.0 Å². The highest BCUT2D eigenvalue weighted by Gasteiger charge is 2.23. The van der Waals surface area contributed by atoms with Crippen molar-refractivity contribution in [3.8, 4) is 0 Å². The highest BCUT2D eigenvalue weighted by molar-refractivity contribution is 6.12. The molecule has 142 valence electrons. The van der Waals surface area contributed by atoms with Crippen molar-refractivity contribution < 1.29 is 9.53 Å². The van der Waals surface area contributed by atoms with Gasteiger partial charge in [-0.25, -0.2) is 4.98 Å². The Labute approximate surface area is 156 Å². The van der Waals surface area contributed by atoms with Gasteiger partial charge >= 0.3 is 0 Å². The summed E-state index contributed by atoms with van der Waals surface area (Å²) in [4.78, 5) is 22.0. The lowest BCUT2D eigenvalue weighted by Crippen LogP contribution is -2.15. The van der Waals surface area contributed by atoms with Crippen LogP contribution in [0, 0.1) is 6.92 Å². The lowest BCUT2D eigenvalue weighted by molar-refractivity contribution is 0.102. The molecule has 0 spiro atoms. The first kappa shape index (κ1) is 17.6. The van der Waals surface area contributed by atoms with Crippen LogP contribution in [0.15, 0.2) is 6.07 Å². The Kier molecular flexibility index (Phi) is 4.39. The summed E-state index contributed by atoms with van der Waals surface area (Å²) in [6.45, 7) is 6.68. The molecule has 1 saturated heterocycles. The van der Waals surface area contributed by atoms with Crippen LogP contribution in [0.3, 0.4) is 0 Å². The monoisotopic (exact) mass is 369 g/mol. The van der Waals surface area contributed by atoms with Gasteiger partial charge in [0.15, 0.2) is 11.5 Å². The minimum absolute atomic E-state index is 0.0797. The zero-order valence-electron chi connectivity index (χ0n) is 15.9. The quantitative estimate of drug-likeness (QED) is 0.731. The number of anilines is 1. The van der Waals surface area contributed by atoms with E-state index in [-0.39, 0.29) is 23.9 Å². The standard InChI is InChI=1S/C18H23N7O2/c1-9(2)12-8-11(14-10(3)24-25(4)16(14)19-12)17(26)21-18-20-15(22-23-18)13-6-5-7-27-13/h8-9,13H,5-7H2,1-4H3,(H2,20,21,22,23,26)/t13-/m1/s1. The number of ether oxygens (including phenoxy) is 1. The van der Waals surface area contributed by atoms with Gasteiger partial charge in [0.1, 0.15) is 6.10 Å². The van der Waals surface area contributed by atoms with Gasteiger partial charge in [-0.05, 0) is 31.7 Å². The molecule has 3 aromatic rings. The maximum absolute atomic E-state index is 13.0. The second kappa shape index (κ2) is 6.73. The third kappa shape index (κ3) is 3.18. The van der Waals surface area contributed by atoms with Gasteiger partial charge in [0.2, 0.25) is 5.95 Å². The van der Waals surface area contributed by atoms with Crippen molar-refractivity contribution >= 4 is 22.9 Å². The Hall–Kier alpha value is -2.81. The molecule has 1 amide bonds. The molecule has 0 aliphatic carbocycles. The summed E-state index contributed by atoms with van der Waals surface area (Å²) in [5, 5.41) is 14.9.